The third-order valence-electron chi connectivity index (χ3n) is 4.13. The molecule has 2 aromatic rings. The fourth-order valence-electron chi connectivity index (χ4n) is 2.90. The lowest BCUT2D eigenvalue weighted by Gasteiger charge is -2.27. The van der Waals surface area contributed by atoms with E-state index in [1.54, 1.807) is 24.2 Å². The van der Waals surface area contributed by atoms with Crippen molar-refractivity contribution in [1.29, 1.82) is 0 Å². The number of aromatic nitrogens is 1. The molecule has 1 amide bonds. The molecule has 23 heavy (non-hydrogen) atoms. The second-order valence-electron chi connectivity index (χ2n) is 6.00. The quantitative estimate of drug-likeness (QED) is 0.785. The van der Waals surface area contributed by atoms with Gasteiger partial charge in [-0.1, -0.05) is 29.8 Å². The van der Waals surface area contributed by atoms with Gasteiger partial charge in [0.2, 0.25) is 0 Å². The van der Waals surface area contributed by atoms with Gasteiger partial charge in [0.15, 0.2) is 0 Å². The van der Waals surface area contributed by atoms with E-state index in [0.29, 0.717) is 0 Å². The molecule has 1 aliphatic heterocycles. The van der Waals surface area contributed by atoms with Crippen molar-refractivity contribution in [3.8, 4) is 0 Å². The molecule has 0 saturated carbocycles. The van der Waals surface area contributed by atoms with Crippen molar-refractivity contribution in [3.63, 3.8) is 0 Å². The zero-order valence-electron chi connectivity index (χ0n) is 13.5. The van der Waals surface area contributed by atoms with Crippen LogP contribution in [0.4, 0.5) is 0 Å². The van der Waals surface area contributed by atoms with Crippen molar-refractivity contribution in [3.05, 3.63) is 59.4 Å². The van der Waals surface area contributed by atoms with E-state index in [-0.39, 0.29) is 5.91 Å². The monoisotopic (exact) mass is 326 g/mol. The zero-order valence-corrected chi connectivity index (χ0v) is 14.3. The first-order valence-corrected chi connectivity index (χ1v) is 9.14. The number of hydrogen-bond acceptors (Lipinski definition) is 3. The number of benzene rings is 1. The van der Waals surface area contributed by atoms with Crippen molar-refractivity contribution in [1.82, 2.24) is 9.88 Å². The Bertz CT molecular complexity index is 681. The minimum atomic E-state index is 0.129. The molecule has 1 aromatic heterocycles. The SMILES string of the molecule is Cc1cccc(CSc2ccncc2C(=O)N2CCCCC2)c1. The number of thioether (sulfide) groups is 1. The summed E-state index contributed by atoms with van der Waals surface area (Å²) in [5, 5.41) is 0. The summed E-state index contributed by atoms with van der Waals surface area (Å²) >= 11 is 1.71. The summed E-state index contributed by atoms with van der Waals surface area (Å²) in [7, 11) is 0. The van der Waals surface area contributed by atoms with E-state index in [0.717, 1.165) is 42.1 Å². The van der Waals surface area contributed by atoms with Crippen LogP contribution in [0.1, 0.15) is 40.7 Å². The van der Waals surface area contributed by atoms with Gasteiger partial charge in [-0.25, -0.2) is 0 Å². The zero-order chi connectivity index (χ0) is 16.1. The number of nitrogens with zero attached hydrogens (tertiary/aromatic N) is 2. The predicted molar refractivity (Wildman–Crippen MR) is 94.7 cm³/mol. The highest BCUT2D eigenvalue weighted by molar-refractivity contribution is 7.98. The molecular formula is C19H22N2OS. The third kappa shape index (κ3) is 4.14. The Labute approximate surface area is 142 Å². The highest BCUT2D eigenvalue weighted by Crippen LogP contribution is 2.27. The largest absolute Gasteiger partial charge is 0.339 e. The first-order valence-electron chi connectivity index (χ1n) is 8.15. The normalized spacial score (nSPS) is 14.7. The van der Waals surface area contributed by atoms with Crippen LogP contribution in [-0.2, 0) is 5.75 Å². The lowest BCUT2D eigenvalue weighted by atomic mass is 10.1. The van der Waals surface area contributed by atoms with Gasteiger partial charge < -0.3 is 4.90 Å². The molecule has 1 aliphatic rings. The van der Waals surface area contributed by atoms with E-state index in [2.05, 4.69) is 36.2 Å². The van der Waals surface area contributed by atoms with Gasteiger partial charge in [-0.2, -0.15) is 0 Å². The van der Waals surface area contributed by atoms with Crippen molar-refractivity contribution in [2.24, 2.45) is 0 Å². The Morgan fingerprint density at radius 1 is 1.22 bits per heavy atom. The molecule has 3 nitrogen and oxygen atoms in total. The van der Waals surface area contributed by atoms with Gasteiger partial charge in [-0.05, 0) is 37.8 Å². The average Bonchev–Trinajstić information content (AvgIpc) is 2.60. The summed E-state index contributed by atoms with van der Waals surface area (Å²) in [6.07, 6.45) is 6.93. The molecule has 0 spiro atoms. The van der Waals surface area contributed by atoms with Gasteiger partial charge in [-0.15, -0.1) is 11.8 Å². The molecule has 3 rings (SSSR count). The predicted octanol–water partition coefficient (Wildman–Crippen LogP) is 4.31. The summed E-state index contributed by atoms with van der Waals surface area (Å²) in [6.45, 7) is 3.84. The van der Waals surface area contributed by atoms with Crippen LogP contribution in [0.5, 0.6) is 0 Å². The summed E-state index contributed by atoms with van der Waals surface area (Å²) in [5.41, 5.74) is 3.29. The highest BCUT2D eigenvalue weighted by Gasteiger charge is 2.21. The summed E-state index contributed by atoms with van der Waals surface area (Å²) in [4.78, 5) is 19.9. The molecule has 1 saturated heterocycles. The van der Waals surface area contributed by atoms with Crippen molar-refractivity contribution >= 4 is 17.7 Å². The number of piperidine rings is 1. The summed E-state index contributed by atoms with van der Waals surface area (Å²) in [5.74, 6) is 0.996. The molecular weight excluding hydrogens is 304 g/mol. The van der Waals surface area contributed by atoms with Gasteiger partial charge in [-0.3, -0.25) is 9.78 Å². The van der Waals surface area contributed by atoms with Crippen LogP contribution in [0, 0.1) is 6.92 Å². The van der Waals surface area contributed by atoms with Gasteiger partial charge in [0.05, 0.1) is 5.56 Å². The first kappa shape index (κ1) is 16.1. The standard InChI is InChI=1S/C19H22N2OS/c1-15-6-5-7-16(12-15)14-23-18-8-9-20-13-17(18)19(22)21-10-3-2-4-11-21/h5-9,12-13H,2-4,10-11,14H2,1H3. The van der Waals surface area contributed by atoms with Crippen LogP contribution in [0.25, 0.3) is 0 Å². The van der Waals surface area contributed by atoms with Gasteiger partial charge in [0.25, 0.3) is 5.91 Å². The number of aryl methyl sites for hydroxylation is 1. The van der Waals surface area contributed by atoms with E-state index in [1.807, 2.05) is 11.0 Å². The van der Waals surface area contributed by atoms with Gasteiger partial charge in [0.1, 0.15) is 0 Å². The number of amides is 1. The van der Waals surface area contributed by atoms with Crippen molar-refractivity contribution in [2.75, 3.05) is 13.1 Å². The van der Waals surface area contributed by atoms with Gasteiger partial charge >= 0.3 is 0 Å². The van der Waals surface area contributed by atoms with Crippen LogP contribution in [-0.4, -0.2) is 28.9 Å². The Kier molecular flexibility index (Phi) is 5.34. The number of rotatable bonds is 4. The number of hydrogen-bond donors (Lipinski definition) is 0. The van der Waals surface area contributed by atoms with E-state index >= 15 is 0 Å². The molecule has 1 aromatic carbocycles. The topological polar surface area (TPSA) is 33.2 Å². The first-order chi connectivity index (χ1) is 11.2. The van der Waals surface area contributed by atoms with E-state index in [4.69, 9.17) is 0 Å². The van der Waals surface area contributed by atoms with Gasteiger partial charge in [0, 0.05) is 36.1 Å². The molecule has 0 N–H and O–H groups in total. The van der Waals surface area contributed by atoms with Crippen LogP contribution in [0.3, 0.4) is 0 Å². The van der Waals surface area contributed by atoms with Crippen LogP contribution < -0.4 is 0 Å². The maximum absolute atomic E-state index is 12.8. The summed E-state index contributed by atoms with van der Waals surface area (Å²) < 4.78 is 0. The van der Waals surface area contributed by atoms with Crippen molar-refractivity contribution in [2.45, 2.75) is 36.8 Å². The molecule has 0 bridgehead atoms. The highest BCUT2D eigenvalue weighted by atomic mass is 32.2. The number of pyridine rings is 1. The fraction of sp³-hybridized carbons (Fsp3) is 0.368. The van der Waals surface area contributed by atoms with Crippen molar-refractivity contribution < 1.29 is 4.79 Å². The Balaban J connectivity index is 1.73. The van der Waals surface area contributed by atoms with E-state index in [9.17, 15) is 4.79 Å². The number of carbonyl (C=O) groups excluding carboxylic acids is 1. The maximum atomic E-state index is 12.8. The smallest absolute Gasteiger partial charge is 0.256 e. The Morgan fingerprint density at radius 2 is 2.04 bits per heavy atom. The molecule has 2 heterocycles. The number of likely N-dealkylation sites (tertiary alicyclic amines) is 1. The lowest BCUT2D eigenvalue weighted by Crippen LogP contribution is -2.35. The Morgan fingerprint density at radius 3 is 2.83 bits per heavy atom. The molecule has 4 heteroatoms. The fourth-order valence-corrected chi connectivity index (χ4v) is 3.85. The maximum Gasteiger partial charge on any atom is 0.256 e. The molecule has 120 valence electrons. The molecule has 0 atom stereocenters. The lowest BCUT2D eigenvalue weighted by molar-refractivity contribution is 0.0720. The molecule has 1 fully saturated rings. The van der Waals surface area contributed by atoms with E-state index < -0.39 is 0 Å². The minimum absolute atomic E-state index is 0.129. The molecule has 0 aliphatic carbocycles. The van der Waals surface area contributed by atoms with Crippen LogP contribution >= 0.6 is 11.8 Å². The third-order valence-corrected chi connectivity index (χ3v) is 5.28. The summed E-state index contributed by atoms with van der Waals surface area (Å²) in [6, 6.07) is 10.5. The second-order valence-corrected chi connectivity index (χ2v) is 7.02. The van der Waals surface area contributed by atoms with Crippen LogP contribution in [0.2, 0.25) is 0 Å². The Hall–Kier alpha value is -1.81. The van der Waals surface area contributed by atoms with E-state index in [1.165, 1.54) is 17.5 Å². The number of carbonyl (C=O) groups is 1. The second kappa shape index (κ2) is 7.64. The minimum Gasteiger partial charge on any atom is -0.339 e. The average molecular weight is 326 g/mol. The molecule has 0 radical (unpaired) electrons. The molecule has 0 unspecified atom stereocenters. The van der Waals surface area contributed by atoms with Crippen LogP contribution in [0.15, 0.2) is 47.6 Å².